The van der Waals surface area contributed by atoms with Gasteiger partial charge in [-0.3, -0.25) is 0 Å². The van der Waals surface area contributed by atoms with Crippen LogP contribution >= 0.6 is 0 Å². The van der Waals surface area contributed by atoms with E-state index in [0.717, 1.165) is 12.0 Å². The molecular formula is C15H22N2O4. The van der Waals surface area contributed by atoms with E-state index in [4.69, 9.17) is 10.5 Å². The Kier molecular flexibility index (Phi) is 7.42. The molecule has 0 aliphatic heterocycles. The summed E-state index contributed by atoms with van der Waals surface area (Å²) in [4.78, 5) is 23.0. The fraction of sp³-hybridized carbons (Fsp3) is 0.467. The van der Waals surface area contributed by atoms with Crippen molar-refractivity contribution in [3.63, 3.8) is 0 Å². The van der Waals surface area contributed by atoms with Gasteiger partial charge in [0.25, 0.3) is 0 Å². The molecule has 0 radical (unpaired) electrons. The van der Waals surface area contributed by atoms with E-state index in [1.54, 1.807) is 0 Å². The first-order valence-corrected chi connectivity index (χ1v) is 6.92. The molecular weight excluding hydrogens is 272 g/mol. The molecule has 0 unspecified atom stereocenters. The van der Waals surface area contributed by atoms with E-state index >= 15 is 0 Å². The van der Waals surface area contributed by atoms with Crippen LogP contribution in [0.2, 0.25) is 0 Å². The molecule has 6 heteroatoms. The van der Waals surface area contributed by atoms with Crippen LogP contribution in [0, 0.1) is 0 Å². The Morgan fingerprint density at radius 2 is 2.05 bits per heavy atom. The number of aldehydes is 1. The summed E-state index contributed by atoms with van der Waals surface area (Å²) in [6, 6.07) is 9.20. The van der Waals surface area contributed by atoms with Crippen molar-refractivity contribution in [3.05, 3.63) is 35.9 Å². The predicted octanol–water partition coefficient (Wildman–Crippen LogP) is 0.972. The van der Waals surface area contributed by atoms with Crippen LogP contribution in [0.4, 0.5) is 4.79 Å². The SMILES string of the molecule is NCCCC[C@](C=O)(CO)NC(=O)OCc1ccccc1. The van der Waals surface area contributed by atoms with E-state index in [-0.39, 0.29) is 6.61 Å². The number of benzene rings is 1. The van der Waals surface area contributed by atoms with Crippen molar-refractivity contribution in [2.75, 3.05) is 13.2 Å². The number of amides is 1. The molecule has 6 nitrogen and oxygen atoms in total. The molecule has 1 atom stereocenters. The summed E-state index contributed by atoms with van der Waals surface area (Å²) in [5, 5.41) is 11.8. The van der Waals surface area contributed by atoms with E-state index in [2.05, 4.69) is 5.32 Å². The molecule has 0 fully saturated rings. The third-order valence-corrected chi connectivity index (χ3v) is 3.15. The molecule has 0 bridgehead atoms. The molecule has 0 aliphatic rings. The quantitative estimate of drug-likeness (QED) is 0.465. The lowest BCUT2D eigenvalue weighted by Gasteiger charge is -2.26. The average Bonchev–Trinajstić information content (AvgIpc) is 2.53. The predicted molar refractivity (Wildman–Crippen MR) is 78.5 cm³/mol. The van der Waals surface area contributed by atoms with Gasteiger partial charge in [0.05, 0.1) is 6.61 Å². The number of alkyl carbamates (subject to hydrolysis) is 1. The molecule has 0 aromatic heterocycles. The number of aliphatic hydroxyl groups excluding tert-OH is 1. The van der Waals surface area contributed by atoms with Crippen LogP contribution in [0.25, 0.3) is 0 Å². The molecule has 0 spiro atoms. The fourth-order valence-electron chi connectivity index (χ4n) is 1.85. The van der Waals surface area contributed by atoms with Crippen molar-refractivity contribution in [2.24, 2.45) is 5.73 Å². The summed E-state index contributed by atoms with van der Waals surface area (Å²) in [5.74, 6) is 0. The van der Waals surface area contributed by atoms with Crippen molar-refractivity contribution < 1.29 is 19.4 Å². The van der Waals surface area contributed by atoms with Gasteiger partial charge in [0.1, 0.15) is 18.4 Å². The first kappa shape index (κ1) is 17.1. The average molecular weight is 294 g/mol. The van der Waals surface area contributed by atoms with Crippen molar-refractivity contribution in [1.29, 1.82) is 0 Å². The van der Waals surface area contributed by atoms with Crippen LogP contribution in [0.1, 0.15) is 24.8 Å². The first-order valence-electron chi connectivity index (χ1n) is 6.92. The second kappa shape index (κ2) is 9.10. The Balaban J connectivity index is 2.49. The molecule has 1 amide bonds. The summed E-state index contributed by atoms with van der Waals surface area (Å²) in [5.41, 5.74) is 4.93. The number of nitrogens with one attached hydrogen (secondary N) is 1. The van der Waals surface area contributed by atoms with E-state index in [1.807, 2.05) is 30.3 Å². The molecule has 1 aromatic carbocycles. The monoisotopic (exact) mass is 294 g/mol. The highest BCUT2D eigenvalue weighted by molar-refractivity contribution is 5.76. The maximum atomic E-state index is 11.8. The van der Waals surface area contributed by atoms with Gasteiger partial charge in [-0.25, -0.2) is 4.79 Å². The molecule has 0 aliphatic carbocycles. The minimum absolute atomic E-state index is 0.107. The van der Waals surface area contributed by atoms with E-state index in [0.29, 0.717) is 25.7 Å². The van der Waals surface area contributed by atoms with Gasteiger partial charge in [0, 0.05) is 0 Å². The highest BCUT2D eigenvalue weighted by atomic mass is 16.5. The zero-order valence-corrected chi connectivity index (χ0v) is 12.0. The highest BCUT2D eigenvalue weighted by Crippen LogP contribution is 2.12. The van der Waals surface area contributed by atoms with Crippen molar-refractivity contribution in [1.82, 2.24) is 5.32 Å². The van der Waals surface area contributed by atoms with Crippen LogP contribution in [-0.4, -0.2) is 36.2 Å². The molecule has 0 saturated heterocycles. The number of hydrogen-bond donors (Lipinski definition) is 3. The van der Waals surface area contributed by atoms with Gasteiger partial charge < -0.3 is 25.7 Å². The molecule has 1 aromatic rings. The second-order valence-electron chi connectivity index (χ2n) is 4.86. The highest BCUT2D eigenvalue weighted by Gasteiger charge is 2.31. The zero-order chi connectivity index (χ0) is 15.6. The van der Waals surface area contributed by atoms with Gasteiger partial charge in [-0.1, -0.05) is 30.3 Å². The van der Waals surface area contributed by atoms with Crippen LogP contribution in [0.3, 0.4) is 0 Å². The van der Waals surface area contributed by atoms with E-state index in [9.17, 15) is 14.7 Å². The van der Waals surface area contributed by atoms with Crippen molar-refractivity contribution >= 4 is 12.4 Å². The summed E-state index contributed by atoms with van der Waals surface area (Å²) in [6.07, 6.45) is 1.50. The number of aliphatic hydroxyl groups is 1. The fourth-order valence-corrected chi connectivity index (χ4v) is 1.85. The molecule has 21 heavy (non-hydrogen) atoms. The van der Waals surface area contributed by atoms with E-state index < -0.39 is 18.2 Å². The van der Waals surface area contributed by atoms with Gasteiger partial charge >= 0.3 is 6.09 Å². The Hall–Kier alpha value is -1.92. The minimum atomic E-state index is -1.30. The summed E-state index contributed by atoms with van der Waals surface area (Å²) >= 11 is 0. The Bertz CT molecular complexity index is 439. The number of carbonyl (C=O) groups excluding carboxylic acids is 2. The molecule has 0 heterocycles. The maximum absolute atomic E-state index is 11.8. The summed E-state index contributed by atoms with van der Waals surface area (Å²) in [6.45, 7) is 0.135. The number of nitrogens with two attached hydrogens (primary N) is 1. The summed E-state index contributed by atoms with van der Waals surface area (Å²) < 4.78 is 5.05. The lowest BCUT2D eigenvalue weighted by Crippen LogP contribution is -2.53. The standard InChI is InChI=1S/C15H22N2O4/c16-9-5-4-8-15(11-18,12-19)17-14(20)21-10-13-6-2-1-3-7-13/h1-3,6-7,11,19H,4-5,8-10,12,16H2,(H,17,20)/t15-/m0/s1. The third-order valence-electron chi connectivity index (χ3n) is 3.15. The molecule has 1 rings (SSSR count). The molecule has 0 saturated carbocycles. The largest absolute Gasteiger partial charge is 0.445 e. The minimum Gasteiger partial charge on any atom is -0.445 e. The number of carbonyl (C=O) groups is 2. The van der Waals surface area contributed by atoms with Gasteiger partial charge in [0.15, 0.2) is 0 Å². The molecule has 4 N–H and O–H groups in total. The normalized spacial score (nSPS) is 13.2. The Morgan fingerprint density at radius 1 is 1.33 bits per heavy atom. The zero-order valence-electron chi connectivity index (χ0n) is 12.0. The number of unbranched alkanes of at least 4 members (excludes halogenated alkanes) is 1. The second-order valence-corrected chi connectivity index (χ2v) is 4.86. The molecule has 116 valence electrons. The van der Waals surface area contributed by atoms with Crippen LogP contribution < -0.4 is 11.1 Å². The van der Waals surface area contributed by atoms with Gasteiger partial charge in [-0.2, -0.15) is 0 Å². The van der Waals surface area contributed by atoms with E-state index in [1.165, 1.54) is 0 Å². The van der Waals surface area contributed by atoms with Gasteiger partial charge in [-0.05, 0) is 31.4 Å². The topological polar surface area (TPSA) is 102 Å². The lowest BCUT2D eigenvalue weighted by molar-refractivity contribution is -0.115. The maximum Gasteiger partial charge on any atom is 0.408 e. The first-order chi connectivity index (χ1) is 10.2. The van der Waals surface area contributed by atoms with Crippen LogP contribution in [-0.2, 0) is 16.1 Å². The van der Waals surface area contributed by atoms with Crippen molar-refractivity contribution in [2.45, 2.75) is 31.4 Å². The van der Waals surface area contributed by atoms with Crippen LogP contribution in [0.15, 0.2) is 30.3 Å². The van der Waals surface area contributed by atoms with Crippen molar-refractivity contribution in [3.8, 4) is 0 Å². The third kappa shape index (κ3) is 5.93. The Morgan fingerprint density at radius 3 is 2.62 bits per heavy atom. The Labute approximate surface area is 124 Å². The van der Waals surface area contributed by atoms with Gasteiger partial charge in [-0.15, -0.1) is 0 Å². The van der Waals surface area contributed by atoms with Gasteiger partial charge in [0.2, 0.25) is 0 Å². The number of hydrogen-bond acceptors (Lipinski definition) is 5. The smallest absolute Gasteiger partial charge is 0.408 e. The number of rotatable bonds is 9. The lowest BCUT2D eigenvalue weighted by atomic mass is 9.95. The summed E-state index contributed by atoms with van der Waals surface area (Å²) in [7, 11) is 0. The van der Waals surface area contributed by atoms with Crippen LogP contribution in [0.5, 0.6) is 0 Å². The number of ether oxygens (including phenoxy) is 1.